The first-order valence-corrected chi connectivity index (χ1v) is 6.16. The molecule has 3 rings (SSSR count). The van der Waals surface area contributed by atoms with E-state index in [0.717, 1.165) is 15.5 Å². The summed E-state index contributed by atoms with van der Waals surface area (Å²) in [4.78, 5) is 0.736. The molecular formula is C11H11N5OS. The Labute approximate surface area is 107 Å². The summed E-state index contributed by atoms with van der Waals surface area (Å²) in [6, 6.07) is 7.63. The molecule has 0 saturated heterocycles. The van der Waals surface area contributed by atoms with Gasteiger partial charge in [0.05, 0.1) is 0 Å². The average molecular weight is 261 g/mol. The molecule has 1 aromatic carbocycles. The molecule has 92 valence electrons. The van der Waals surface area contributed by atoms with Gasteiger partial charge in [0, 0.05) is 18.4 Å². The van der Waals surface area contributed by atoms with Gasteiger partial charge in [-0.15, -0.1) is 10.2 Å². The lowest BCUT2D eigenvalue weighted by molar-refractivity contribution is 0.176. The molecule has 0 atom stereocenters. The molecule has 0 spiro atoms. The van der Waals surface area contributed by atoms with Crippen molar-refractivity contribution in [1.29, 1.82) is 0 Å². The van der Waals surface area contributed by atoms with Gasteiger partial charge in [-0.2, -0.15) is 9.61 Å². The van der Waals surface area contributed by atoms with Crippen LogP contribution in [0.2, 0.25) is 0 Å². The largest absolute Gasteiger partial charge is 0.398 e. The van der Waals surface area contributed by atoms with Crippen LogP contribution in [0.25, 0.3) is 15.5 Å². The summed E-state index contributed by atoms with van der Waals surface area (Å²) in [6.45, 7) is 0.384. The Morgan fingerprint density at radius 1 is 1.33 bits per heavy atom. The van der Waals surface area contributed by atoms with Crippen molar-refractivity contribution in [3.8, 4) is 10.6 Å². The number of benzene rings is 1. The van der Waals surface area contributed by atoms with Crippen molar-refractivity contribution >= 4 is 22.0 Å². The van der Waals surface area contributed by atoms with Crippen LogP contribution in [-0.4, -0.2) is 26.9 Å². The normalized spacial score (nSPS) is 11.2. The van der Waals surface area contributed by atoms with Crippen molar-refractivity contribution < 1.29 is 4.74 Å². The van der Waals surface area contributed by atoms with Gasteiger partial charge in [-0.05, 0) is 12.1 Å². The molecule has 0 amide bonds. The Morgan fingerprint density at radius 3 is 2.94 bits per heavy atom. The Kier molecular flexibility index (Phi) is 2.69. The summed E-state index contributed by atoms with van der Waals surface area (Å²) in [5.41, 5.74) is 7.55. The topological polar surface area (TPSA) is 78.3 Å². The molecular weight excluding hydrogens is 250 g/mol. The van der Waals surface area contributed by atoms with Crippen LogP contribution >= 0.6 is 11.3 Å². The summed E-state index contributed by atoms with van der Waals surface area (Å²) in [6.07, 6.45) is 0. The lowest BCUT2D eigenvalue weighted by Crippen LogP contribution is -1.97. The molecule has 0 fully saturated rings. The molecule has 2 N–H and O–H groups in total. The molecule has 6 nitrogen and oxygen atoms in total. The molecule has 2 aromatic heterocycles. The third kappa shape index (κ3) is 1.73. The standard InChI is InChI=1S/C11H11N5OS/c1-17-6-9-13-14-11-16(9)15-10(18-11)7-4-2-3-5-8(7)12/h2-5H,6,12H2,1H3. The fraction of sp³-hybridized carbons (Fsp3) is 0.182. The van der Waals surface area contributed by atoms with E-state index in [1.807, 2.05) is 24.3 Å². The number of hydrogen-bond acceptors (Lipinski definition) is 6. The highest BCUT2D eigenvalue weighted by Crippen LogP contribution is 2.29. The van der Waals surface area contributed by atoms with Gasteiger partial charge in [0.1, 0.15) is 11.6 Å². The monoisotopic (exact) mass is 261 g/mol. The lowest BCUT2D eigenvalue weighted by atomic mass is 10.2. The number of nitrogen functional groups attached to an aromatic ring is 1. The van der Waals surface area contributed by atoms with E-state index in [2.05, 4.69) is 15.3 Å². The molecule has 0 aliphatic rings. The summed E-state index contributed by atoms with van der Waals surface area (Å²) in [5, 5.41) is 13.4. The van der Waals surface area contributed by atoms with Crippen LogP contribution in [0.15, 0.2) is 24.3 Å². The zero-order valence-corrected chi connectivity index (χ0v) is 10.5. The van der Waals surface area contributed by atoms with Crippen LogP contribution in [0.5, 0.6) is 0 Å². The molecule has 0 radical (unpaired) electrons. The van der Waals surface area contributed by atoms with E-state index in [-0.39, 0.29) is 0 Å². The maximum absolute atomic E-state index is 5.94. The molecule has 0 aliphatic heterocycles. The van der Waals surface area contributed by atoms with Crippen molar-refractivity contribution in [3.05, 3.63) is 30.1 Å². The SMILES string of the molecule is COCc1nnc2sc(-c3ccccc3N)nn12. The van der Waals surface area contributed by atoms with Crippen LogP contribution in [0.3, 0.4) is 0 Å². The molecule has 7 heteroatoms. The van der Waals surface area contributed by atoms with Gasteiger partial charge in [0.2, 0.25) is 4.96 Å². The lowest BCUT2D eigenvalue weighted by Gasteiger charge is -1.99. The Hall–Kier alpha value is -1.99. The first-order chi connectivity index (χ1) is 8.79. The zero-order chi connectivity index (χ0) is 12.5. The minimum Gasteiger partial charge on any atom is -0.398 e. The van der Waals surface area contributed by atoms with Gasteiger partial charge in [-0.25, -0.2) is 0 Å². The van der Waals surface area contributed by atoms with Crippen molar-refractivity contribution in [2.24, 2.45) is 0 Å². The molecule has 0 bridgehead atoms. The van der Waals surface area contributed by atoms with Gasteiger partial charge in [0.15, 0.2) is 5.82 Å². The summed E-state index contributed by atoms with van der Waals surface area (Å²) in [7, 11) is 1.61. The van der Waals surface area contributed by atoms with Gasteiger partial charge in [0.25, 0.3) is 0 Å². The maximum Gasteiger partial charge on any atom is 0.235 e. The quantitative estimate of drug-likeness (QED) is 0.724. The van der Waals surface area contributed by atoms with E-state index < -0.39 is 0 Å². The molecule has 0 aliphatic carbocycles. The third-order valence-corrected chi connectivity index (χ3v) is 3.45. The van der Waals surface area contributed by atoms with Crippen molar-refractivity contribution in [2.45, 2.75) is 6.61 Å². The summed E-state index contributed by atoms with van der Waals surface area (Å²) < 4.78 is 6.74. The van der Waals surface area contributed by atoms with Crippen LogP contribution in [0, 0.1) is 0 Å². The first kappa shape index (κ1) is 11.1. The second kappa shape index (κ2) is 4.35. The fourth-order valence-corrected chi connectivity index (χ4v) is 2.58. The highest BCUT2D eigenvalue weighted by atomic mass is 32.1. The van der Waals surface area contributed by atoms with Gasteiger partial charge in [-0.3, -0.25) is 0 Å². The predicted molar refractivity (Wildman–Crippen MR) is 69.2 cm³/mol. The van der Waals surface area contributed by atoms with Gasteiger partial charge in [-0.1, -0.05) is 23.5 Å². The van der Waals surface area contributed by atoms with E-state index in [0.29, 0.717) is 18.1 Å². The minimum atomic E-state index is 0.384. The zero-order valence-electron chi connectivity index (χ0n) is 9.70. The van der Waals surface area contributed by atoms with Crippen LogP contribution < -0.4 is 5.73 Å². The predicted octanol–water partition coefficient (Wildman–Crippen LogP) is 1.58. The summed E-state index contributed by atoms with van der Waals surface area (Å²) >= 11 is 1.45. The van der Waals surface area contributed by atoms with E-state index in [4.69, 9.17) is 10.5 Å². The van der Waals surface area contributed by atoms with Gasteiger partial charge >= 0.3 is 0 Å². The van der Waals surface area contributed by atoms with Crippen LogP contribution in [-0.2, 0) is 11.3 Å². The number of ether oxygens (including phenoxy) is 1. The number of para-hydroxylation sites is 1. The van der Waals surface area contributed by atoms with Crippen LogP contribution in [0.4, 0.5) is 5.69 Å². The number of nitrogens with zero attached hydrogens (tertiary/aromatic N) is 4. The molecule has 3 aromatic rings. The Bertz CT molecular complexity index is 690. The average Bonchev–Trinajstić information content (AvgIpc) is 2.92. The second-order valence-corrected chi connectivity index (χ2v) is 4.69. The van der Waals surface area contributed by atoms with Crippen molar-refractivity contribution in [1.82, 2.24) is 19.8 Å². The Morgan fingerprint density at radius 2 is 2.17 bits per heavy atom. The number of methoxy groups -OCH3 is 1. The third-order valence-electron chi connectivity index (χ3n) is 2.52. The molecule has 0 unspecified atom stereocenters. The second-order valence-electron chi connectivity index (χ2n) is 3.74. The molecule has 18 heavy (non-hydrogen) atoms. The number of aromatic nitrogens is 4. The number of rotatable bonds is 3. The van der Waals surface area contributed by atoms with E-state index >= 15 is 0 Å². The highest BCUT2D eigenvalue weighted by molar-refractivity contribution is 7.19. The number of nitrogens with two attached hydrogens (primary N) is 1. The Balaban J connectivity index is 2.11. The van der Waals surface area contributed by atoms with Gasteiger partial charge < -0.3 is 10.5 Å². The fourth-order valence-electron chi connectivity index (χ4n) is 1.68. The number of anilines is 1. The maximum atomic E-state index is 5.94. The smallest absolute Gasteiger partial charge is 0.235 e. The number of hydrogen-bond donors (Lipinski definition) is 1. The summed E-state index contributed by atoms with van der Waals surface area (Å²) in [5.74, 6) is 0.685. The van der Waals surface area contributed by atoms with Crippen molar-refractivity contribution in [3.63, 3.8) is 0 Å². The van der Waals surface area contributed by atoms with E-state index in [9.17, 15) is 0 Å². The number of fused-ring (bicyclic) bond motifs is 1. The highest BCUT2D eigenvalue weighted by Gasteiger charge is 2.13. The van der Waals surface area contributed by atoms with Crippen molar-refractivity contribution in [2.75, 3.05) is 12.8 Å². The minimum absolute atomic E-state index is 0.384. The molecule has 2 heterocycles. The first-order valence-electron chi connectivity index (χ1n) is 5.34. The van der Waals surface area contributed by atoms with Crippen LogP contribution in [0.1, 0.15) is 5.82 Å². The molecule has 0 saturated carbocycles. The van der Waals surface area contributed by atoms with E-state index in [1.165, 1.54) is 11.3 Å². The van der Waals surface area contributed by atoms with E-state index in [1.54, 1.807) is 11.6 Å².